The Morgan fingerprint density at radius 1 is 1.33 bits per heavy atom. The summed E-state index contributed by atoms with van der Waals surface area (Å²) in [5, 5.41) is 10.5. The fraction of sp³-hybridized carbons (Fsp3) is 0.333. The molecule has 1 atom stereocenters. The minimum Gasteiger partial charge on any atom is -0.389 e. The summed E-state index contributed by atoms with van der Waals surface area (Å²) < 4.78 is 0. The first-order valence-electron chi connectivity index (χ1n) is 3.66. The Hall–Kier alpha value is -0.240. The van der Waals surface area contributed by atoms with Crippen LogP contribution in [0.15, 0.2) is 12.1 Å². The highest BCUT2D eigenvalue weighted by atomic mass is 35.5. The number of benzene rings is 1. The molecule has 0 radical (unpaired) electrons. The molecule has 66 valence electrons. The zero-order valence-corrected chi connectivity index (χ0v) is 8.45. The fourth-order valence-corrected chi connectivity index (χ4v) is 1.61. The molecule has 0 bridgehead atoms. The zero-order chi connectivity index (χ0) is 9.30. The molecule has 0 fully saturated rings. The predicted molar refractivity (Wildman–Crippen MR) is 51.8 cm³/mol. The van der Waals surface area contributed by atoms with E-state index in [1.165, 1.54) is 0 Å². The SMILES string of the molecule is Cc1c(Cl)cc(Cl)cc1C(C)O. The molecule has 0 aliphatic heterocycles. The van der Waals surface area contributed by atoms with Gasteiger partial charge in [0.2, 0.25) is 0 Å². The van der Waals surface area contributed by atoms with E-state index < -0.39 is 6.10 Å². The van der Waals surface area contributed by atoms with Crippen LogP contribution in [0.3, 0.4) is 0 Å². The number of hydrogen-bond donors (Lipinski definition) is 1. The van der Waals surface area contributed by atoms with Crippen molar-refractivity contribution in [3.05, 3.63) is 33.3 Å². The lowest BCUT2D eigenvalue weighted by Gasteiger charge is -2.10. The Bertz CT molecular complexity index is 295. The van der Waals surface area contributed by atoms with Crippen molar-refractivity contribution in [3.63, 3.8) is 0 Å². The summed E-state index contributed by atoms with van der Waals surface area (Å²) in [5.41, 5.74) is 1.67. The van der Waals surface area contributed by atoms with Gasteiger partial charge in [0.1, 0.15) is 0 Å². The first kappa shape index (κ1) is 9.85. The predicted octanol–water partition coefficient (Wildman–Crippen LogP) is 3.36. The van der Waals surface area contributed by atoms with Crippen LogP contribution in [0.5, 0.6) is 0 Å². The minimum atomic E-state index is -0.527. The number of hydrogen-bond acceptors (Lipinski definition) is 1. The standard InChI is InChI=1S/C9H10Cl2O/c1-5-8(6(2)12)3-7(10)4-9(5)11/h3-4,6,12H,1-2H3. The molecule has 1 aromatic carbocycles. The highest BCUT2D eigenvalue weighted by Crippen LogP contribution is 2.28. The van der Waals surface area contributed by atoms with Gasteiger partial charge in [0.05, 0.1) is 6.10 Å². The third kappa shape index (κ3) is 1.92. The van der Waals surface area contributed by atoms with Crippen molar-refractivity contribution in [3.8, 4) is 0 Å². The van der Waals surface area contributed by atoms with Crippen LogP contribution in [0.4, 0.5) is 0 Å². The van der Waals surface area contributed by atoms with E-state index in [4.69, 9.17) is 23.2 Å². The van der Waals surface area contributed by atoms with Crippen molar-refractivity contribution in [2.45, 2.75) is 20.0 Å². The summed E-state index contributed by atoms with van der Waals surface area (Å²) in [5.74, 6) is 0. The molecule has 0 amide bonds. The second kappa shape index (κ2) is 3.65. The largest absolute Gasteiger partial charge is 0.389 e. The lowest BCUT2D eigenvalue weighted by atomic mass is 10.0. The van der Waals surface area contributed by atoms with Gasteiger partial charge in [-0.2, -0.15) is 0 Å². The van der Waals surface area contributed by atoms with Crippen LogP contribution in [-0.2, 0) is 0 Å². The normalized spacial score (nSPS) is 13.1. The lowest BCUT2D eigenvalue weighted by molar-refractivity contribution is 0.198. The van der Waals surface area contributed by atoms with Crippen LogP contribution in [0.25, 0.3) is 0 Å². The van der Waals surface area contributed by atoms with Gasteiger partial charge in [0, 0.05) is 10.0 Å². The molecule has 1 N–H and O–H groups in total. The highest BCUT2D eigenvalue weighted by Gasteiger charge is 2.08. The molecule has 0 saturated heterocycles. The third-order valence-electron chi connectivity index (χ3n) is 1.80. The van der Waals surface area contributed by atoms with Crippen molar-refractivity contribution >= 4 is 23.2 Å². The van der Waals surface area contributed by atoms with E-state index in [-0.39, 0.29) is 0 Å². The van der Waals surface area contributed by atoms with Crippen LogP contribution >= 0.6 is 23.2 Å². The molecule has 0 spiro atoms. The van der Waals surface area contributed by atoms with Crippen molar-refractivity contribution in [1.29, 1.82) is 0 Å². The fourth-order valence-electron chi connectivity index (χ4n) is 1.10. The smallest absolute Gasteiger partial charge is 0.0765 e. The van der Waals surface area contributed by atoms with E-state index in [9.17, 15) is 5.11 Å². The van der Waals surface area contributed by atoms with Gasteiger partial charge in [-0.05, 0) is 37.1 Å². The molecule has 3 heteroatoms. The molecule has 0 saturated carbocycles. The van der Waals surface area contributed by atoms with Gasteiger partial charge in [-0.3, -0.25) is 0 Å². The molecule has 12 heavy (non-hydrogen) atoms. The summed E-state index contributed by atoms with van der Waals surface area (Å²) in [6.07, 6.45) is -0.527. The van der Waals surface area contributed by atoms with Crippen LogP contribution in [0.1, 0.15) is 24.2 Å². The van der Waals surface area contributed by atoms with Gasteiger partial charge in [-0.25, -0.2) is 0 Å². The molecule has 0 aliphatic carbocycles. The van der Waals surface area contributed by atoms with Crippen molar-refractivity contribution in [1.82, 2.24) is 0 Å². The van der Waals surface area contributed by atoms with Gasteiger partial charge in [-0.15, -0.1) is 0 Å². The molecule has 1 unspecified atom stereocenters. The molecule has 1 nitrogen and oxygen atoms in total. The summed E-state index contributed by atoms with van der Waals surface area (Å²) in [7, 11) is 0. The van der Waals surface area contributed by atoms with E-state index in [0.29, 0.717) is 10.0 Å². The number of aliphatic hydroxyl groups is 1. The number of halogens is 2. The second-order valence-corrected chi connectivity index (χ2v) is 3.62. The number of rotatable bonds is 1. The van der Waals surface area contributed by atoms with Gasteiger partial charge < -0.3 is 5.11 Å². The van der Waals surface area contributed by atoms with E-state index in [0.717, 1.165) is 11.1 Å². The Morgan fingerprint density at radius 2 is 1.92 bits per heavy atom. The maximum Gasteiger partial charge on any atom is 0.0765 e. The summed E-state index contributed by atoms with van der Waals surface area (Å²) in [6.45, 7) is 3.55. The van der Waals surface area contributed by atoms with Crippen molar-refractivity contribution in [2.75, 3.05) is 0 Å². The Morgan fingerprint density at radius 3 is 2.42 bits per heavy atom. The van der Waals surface area contributed by atoms with Crippen molar-refractivity contribution < 1.29 is 5.11 Å². The third-order valence-corrected chi connectivity index (χ3v) is 2.41. The second-order valence-electron chi connectivity index (χ2n) is 2.78. The average Bonchev–Trinajstić information content (AvgIpc) is 1.96. The zero-order valence-electron chi connectivity index (χ0n) is 6.94. The van der Waals surface area contributed by atoms with Crippen LogP contribution in [-0.4, -0.2) is 5.11 Å². The van der Waals surface area contributed by atoms with Crippen LogP contribution in [0.2, 0.25) is 10.0 Å². The molecular weight excluding hydrogens is 195 g/mol. The lowest BCUT2D eigenvalue weighted by Crippen LogP contribution is -1.95. The molecular formula is C9H10Cl2O. The Kier molecular flexibility index (Phi) is 2.99. The first-order chi connectivity index (χ1) is 5.52. The van der Waals surface area contributed by atoms with E-state index in [1.807, 2.05) is 6.92 Å². The summed E-state index contributed by atoms with van der Waals surface area (Å²) in [6, 6.07) is 3.40. The van der Waals surface area contributed by atoms with Crippen LogP contribution < -0.4 is 0 Å². The van der Waals surface area contributed by atoms with E-state index >= 15 is 0 Å². The molecule has 0 aromatic heterocycles. The van der Waals surface area contributed by atoms with Gasteiger partial charge >= 0.3 is 0 Å². The molecule has 0 aliphatic rings. The summed E-state index contributed by atoms with van der Waals surface area (Å²) in [4.78, 5) is 0. The molecule has 1 aromatic rings. The van der Waals surface area contributed by atoms with E-state index in [2.05, 4.69) is 0 Å². The van der Waals surface area contributed by atoms with Crippen LogP contribution in [0, 0.1) is 6.92 Å². The van der Waals surface area contributed by atoms with Gasteiger partial charge in [0.15, 0.2) is 0 Å². The van der Waals surface area contributed by atoms with Gasteiger partial charge in [0.25, 0.3) is 0 Å². The monoisotopic (exact) mass is 204 g/mol. The molecule has 0 heterocycles. The molecule has 1 rings (SSSR count). The Balaban J connectivity index is 3.28. The first-order valence-corrected chi connectivity index (χ1v) is 4.41. The minimum absolute atomic E-state index is 0.527. The maximum absolute atomic E-state index is 9.34. The average molecular weight is 205 g/mol. The quantitative estimate of drug-likeness (QED) is 0.745. The number of aliphatic hydroxyl groups excluding tert-OH is 1. The topological polar surface area (TPSA) is 20.2 Å². The van der Waals surface area contributed by atoms with Gasteiger partial charge in [-0.1, -0.05) is 23.2 Å². The summed E-state index contributed by atoms with van der Waals surface area (Å²) >= 11 is 11.6. The van der Waals surface area contributed by atoms with Crippen molar-refractivity contribution in [2.24, 2.45) is 0 Å². The Labute approximate surface area is 81.9 Å². The maximum atomic E-state index is 9.34. The highest BCUT2D eigenvalue weighted by molar-refractivity contribution is 6.35. The van der Waals surface area contributed by atoms with E-state index in [1.54, 1.807) is 19.1 Å².